The van der Waals surface area contributed by atoms with Crippen LogP contribution in [0.3, 0.4) is 0 Å². The number of hydrogen-bond acceptors (Lipinski definition) is 2. The van der Waals surface area contributed by atoms with E-state index in [2.05, 4.69) is 78.8 Å². The summed E-state index contributed by atoms with van der Waals surface area (Å²) in [5, 5.41) is 0. The van der Waals surface area contributed by atoms with Crippen molar-refractivity contribution >= 4 is 0 Å². The van der Waals surface area contributed by atoms with Crippen molar-refractivity contribution in [2.24, 2.45) is 46.8 Å². The lowest BCUT2D eigenvalue weighted by Gasteiger charge is -2.40. The Kier molecular flexibility index (Phi) is 6.21. The fraction of sp³-hybridized carbons (Fsp3) is 0.742. The molecule has 4 bridgehead atoms. The van der Waals surface area contributed by atoms with E-state index in [4.69, 9.17) is 9.47 Å². The first kappa shape index (κ1) is 23.5. The molecule has 0 spiro atoms. The van der Waals surface area contributed by atoms with E-state index in [0.717, 1.165) is 41.3 Å². The van der Waals surface area contributed by atoms with Gasteiger partial charge in [0.15, 0.2) is 0 Å². The highest BCUT2D eigenvalue weighted by Gasteiger charge is 2.62. The summed E-state index contributed by atoms with van der Waals surface area (Å²) in [6.45, 7) is 15.8. The SMILES string of the molecule is CC(C)=CC(c1ccc(OC(OC2CC3CC2C2C4CCC(C4)C32)C(C)C)cc1)C(C)(C)C. The van der Waals surface area contributed by atoms with E-state index in [1.807, 2.05) is 0 Å². The second-order valence-electron chi connectivity index (χ2n) is 13.4. The second kappa shape index (κ2) is 8.74. The summed E-state index contributed by atoms with van der Waals surface area (Å²) in [4.78, 5) is 0. The molecule has 4 aliphatic rings. The Bertz CT molecular complexity index is 856. The molecule has 0 saturated heterocycles. The van der Waals surface area contributed by atoms with E-state index in [1.165, 1.54) is 43.2 Å². The second-order valence-corrected chi connectivity index (χ2v) is 13.4. The molecule has 4 fully saturated rings. The van der Waals surface area contributed by atoms with Gasteiger partial charge in [-0.1, -0.05) is 58.4 Å². The van der Waals surface area contributed by atoms with Crippen LogP contribution in [-0.2, 0) is 4.74 Å². The molecule has 1 aromatic carbocycles. The van der Waals surface area contributed by atoms with Gasteiger partial charge in [0, 0.05) is 11.8 Å². The lowest BCUT2D eigenvalue weighted by atomic mass is 9.70. The maximum atomic E-state index is 6.78. The van der Waals surface area contributed by atoms with E-state index in [-0.39, 0.29) is 11.7 Å². The lowest BCUT2D eigenvalue weighted by Crippen LogP contribution is -2.40. The Balaban J connectivity index is 1.26. The largest absolute Gasteiger partial charge is 0.465 e. The smallest absolute Gasteiger partial charge is 0.202 e. The van der Waals surface area contributed by atoms with Gasteiger partial charge in [0.25, 0.3) is 0 Å². The Morgan fingerprint density at radius 3 is 2.18 bits per heavy atom. The molecule has 4 aliphatic carbocycles. The van der Waals surface area contributed by atoms with Gasteiger partial charge in [-0.2, -0.15) is 0 Å². The Hall–Kier alpha value is -1.28. The molecule has 182 valence electrons. The molecule has 0 heterocycles. The van der Waals surface area contributed by atoms with Crippen molar-refractivity contribution in [3.05, 3.63) is 41.5 Å². The number of benzene rings is 1. The standard InChI is InChI=1S/C31H46O2/c1-18(2)14-26(31(5,6)7)20-10-12-24(13-11-20)32-30(19(3)4)33-27-17-23-16-25(27)29-22-9-8-21(15-22)28(23)29/h10-14,19,21-23,25-30H,8-9,15-17H2,1-7H3. The molecule has 0 amide bonds. The van der Waals surface area contributed by atoms with Crippen LogP contribution in [0.15, 0.2) is 35.9 Å². The molecule has 0 aromatic heterocycles. The van der Waals surface area contributed by atoms with Crippen molar-refractivity contribution in [3.8, 4) is 5.75 Å². The fourth-order valence-corrected chi connectivity index (χ4v) is 8.22. The predicted molar refractivity (Wildman–Crippen MR) is 136 cm³/mol. The predicted octanol–water partition coefficient (Wildman–Crippen LogP) is 8.23. The maximum absolute atomic E-state index is 6.78. The van der Waals surface area contributed by atoms with Gasteiger partial charge in [0.1, 0.15) is 5.75 Å². The summed E-state index contributed by atoms with van der Waals surface area (Å²) in [5.74, 6) is 7.45. The number of rotatable bonds is 7. The van der Waals surface area contributed by atoms with Gasteiger partial charge in [0.2, 0.25) is 6.29 Å². The number of allylic oxidation sites excluding steroid dienone is 2. The minimum absolute atomic E-state index is 0.159. The third-order valence-electron chi connectivity index (χ3n) is 9.45. The monoisotopic (exact) mass is 450 g/mol. The summed E-state index contributed by atoms with van der Waals surface area (Å²) in [5.41, 5.74) is 2.91. The van der Waals surface area contributed by atoms with Crippen LogP contribution in [-0.4, -0.2) is 12.4 Å². The molecule has 0 aliphatic heterocycles. The number of ether oxygens (including phenoxy) is 2. The van der Waals surface area contributed by atoms with E-state index >= 15 is 0 Å². The lowest BCUT2D eigenvalue weighted by molar-refractivity contribution is -0.166. The molecule has 2 heteroatoms. The number of fused-ring (bicyclic) bond motifs is 9. The Morgan fingerprint density at radius 1 is 0.909 bits per heavy atom. The molecule has 5 rings (SSSR count). The minimum Gasteiger partial charge on any atom is -0.465 e. The van der Waals surface area contributed by atoms with Crippen molar-refractivity contribution in [2.45, 2.75) is 98.9 Å². The van der Waals surface area contributed by atoms with Gasteiger partial charge in [-0.05, 0) is 105 Å². The molecule has 0 radical (unpaired) electrons. The molecular weight excluding hydrogens is 404 g/mol. The Labute approximate surface area is 202 Å². The van der Waals surface area contributed by atoms with Crippen LogP contribution in [0, 0.1) is 46.8 Å². The van der Waals surface area contributed by atoms with Crippen LogP contribution in [0.2, 0.25) is 0 Å². The van der Waals surface area contributed by atoms with E-state index in [1.54, 1.807) is 0 Å². The van der Waals surface area contributed by atoms with Crippen LogP contribution < -0.4 is 4.74 Å². The van der Waals surface area contributed by atoms with Crippen molar-refractivity contribution < 1.29 is 9.47 Å². The highest BCUT2D eigenvalue weighted by atomic mass is 16.7. The summed E-state index contributed by atoms with van der Waals surface area (Å²) in [6.07, 6.45) is 9.86. The molecular formula is C31H46O2. The molecule has 0 N–H and O–H groups in total. The highest BCUT2D eigenvalue weighted by Crippen LogP contribution is 2.67. The quantitative estimate of drug-likeness (QED) is 0.237. The summed E-state index contributed by atoms with van der Waals surface area (Å²) in [7, 11) is 0. The molecule has 1 aromatic rings. The summed E-state index contributed by atoms with van der Waals surface area (Å²) >= 11 is 0. The topological polar surface area (TPSA) is 18.5 Å². The molecule has 2 nitrogen and oxygen atoms in total. The van der Waals surface area contributed by atoms with Crippen molar-refractivity contribution in [1.82, 2.24) is 0 Å². The van der Waals surface area contributed by atoms with Crippen molar-refractivity contribution in [2.75, 3.05) is 0 Å². The summed E-state index contributed by atoms with van der Waals surface area (Å²) < 4.78 is 13.3. The van der Waals surface area contributed by atoms with Gasteiger partial charge in [-0.25, -0.2) is 0 Å². The summed E-state index contributed by atoms with van der Waals surface area (Å²) in [6, 6.07) is 8.80. The van der Waals surface area contributed by atoms with Crippen LogP contribution in [0.4, 0.5) is 0 Å². The van der Waals surface area contributed by atoms with Crippen LogP contribution >= 0.6 is 0 Å². The van der Waals surface area contributed by atoms with E-state index in [0.29, 0.717) is 17.9 Å². The van der Waals surface area contributed by atoms with E-state index < -0.39 is 0 Å². The first-order valence-corrected chi connectivity index (χ1v) is 13.7. The van der Waals surface area contributed by atoms with Crippen LogP contribution in [0.25, 0.3) is 0 Å². The third-order valence-corrected chi connectivity index (χ3v) is 9.45. The van der Waals surface area contributed by atoms with Crippen molar-refractivity contribution in [1.29, 1.82) is 0 Å². The molecule has 9 atom stereocenters. The van der Waals surface area contributed by atoms with Gasteiger partial charge >= 0.3 is 0 Å². The zero-order chi connectivity index (χ0) is 23.5. The number of hydrogen-bond donors (Lipinski definition) is 0. The normalized spacial score (nSPS) is 36.2. The minimum atomic E-state index is -0.159. The highest BCUT2D eigenvalue weighted by molar-refractivity contribution is 5.33. The van der Waals surface area contributed by atoms with Crippen molar-refractivity contribution in [3.63, 3.8) is 0 Å². The molecule has 9 unspecified atom stereocenters. The molecule has 4 saturated carbocycles. The fourth-order valence-electron chi connectivity index (χ4n) is 8.22. The Morgan fingerprint density at radius 2 is 1.58 bits per heavy atom. The maximum Gasteiger partial charge on any atom is 0.202 e. The zero-order valence-electron chi connectivity index (χ0n) is 22.0. The first-order valence-electron chi connectivity index (χ1n) is 13.7. The average molecular weight is 451 g/mol. The first-order chi connectivity index (χ1) is 15.6. The van der Waals surface area contributed by atoms with Crippen LogP contribution in [0.1, 0.15) is 92.1 Å². The van der Waals surface area contributed by atoms with Gasteiger partial charge in [-0.3, -0.25) is 0 Å². The zero-order valence-corrected chi connectivity index (χ0v) is 22.0. The van der Waals surface area contributed by atoms with Gasteiger partial charge < -0.3 is 9.47 Å². The van der Waals surface area contributed by atoms with Crippen LogP contribution in [0.5, 0.6) is 5.75 Å². The molecule has 33 heavy (non-hydrogen) atoms. The third kappa shape index (κ3) is 4.42. The van der Waals surface area contributed by atoms with Gasteiger partial charge in [-0.15, -0.1) is 0 Å². The van der Waals surface area contributed by atoms with Gasteiger partial charge in [0.05, 0.1) is 6.10 Å². The average Bonchev–Trinajstić information content (AvgIpc) is 3.51. The van der Waals surface area contributed by atoms with E-state index in [9.17, 15) is 0 Å².